The molecule has 0 amide bonds. The molecule has 19 heavy (non-hydrogen) atoms. The minimum Gasteiger partial charge on any atom is -0.494 e. The molecule has 1 N–H and O–H groups in total. The van der Waals surface area contributed by atoms with Crippen molar-refractivity contribution in [2.45, 2.75) is 58.9 Å². The van der Waals surface area contributed by atoms with E-state index >= 15 is 0 Å². The molecule has 0 fully saturated rings. The molecule has 0 unspecified atom stereocenters. The first-order chi connectivity index (χ1) is 9.36. The third-order valence-corrected chi connectivity index (χ3v) is 3.27. The Bertz CT molecular complexity index is 308. The van der Waals surface area contributed by atoms with Crippen molar-refractivity contribution in [2.24, 2.45) is 0 Å². The molecule has 0 spiro atoms. The summed E-state index contributed by atoms with van der Waals surface area (Å²) in [6.07, 6.45) is 8.15. The first-order valence-electron chi connectivity index (χ1n) is 7.79. The van der Waals surface area contributed by atoms with Gasteiger partial charge in [-0.1, -0.05) is 51.2 Å². The molecule has 1 aromatic carbocycles. The zero-order chi connectivity index (χ0) is 13.8. The molecule has 0 aromatic heterocycles. The van der Waals surface area contributed by atoms with E-state index in [1.807, 2.05) is 19.1 Å². The van der Waals surface area contributed by atoms with Crippen LogP contribution in [0.3, 0.4) is 0 Å². The van der Waals surface area contributed by atoms with E-state index in [0.29, 0.717) is 0 Å². The van der Waals surface area contributed by atoms with Gasteiger partial charge in [0.2, 0.25) is 0 Å². The molecule has 0 heterocycles. The van der Waals surface area contributed by atoms with Gasteiger partial charge in [0.15, 0.2) is 0 Å². The Morgan fingerprint density at radius 2 is 1.58 bits per heavy atom. The zero-order valence-electron chi connectivity index (χ0n) is 12.6. The van der Waals surface area contributed by atoms with Crippen LogP contribution in [0, 0.1) is 0 Å². The van der Waals surface area contributed by atoms with Crippen LogP contribution in [0.25, 0.3) is 0 Å². The van der Waals surface area contributed by atoms with Gasteiger partial charge in [-0.05, 0) is 37.6 Å². The van der Waals surface area contributed by atoms with E-state index in [0.717, 1.165) is 25.4 Å². The number of unbranched alkanes of at least 4 members (excludes halogenated alkanes) is 5. The summed E-state index contributed by atoms with van der Waals surface area (Å²) in [5.41, 5.74) is 1.33. The number of ether oxygens (including phenoxy) is 1. The first kappa shape index (κ1) is 16.0. The van der Waals surface area contributed by atoms with Gasteiger partial charge in [0, 0.05) is 6.54 Å². The molecule has 0 aliphatic carbocycles. The van der Waals surface area contributed by atoms with E-state index < -0.39 is 0 Å². The highest BCUT2D eigenvalue weighted by molar-refractivity contribution is 5.27. The minimum atomic E-state index is 0.732. The summed E-state index contributed by atoms with van der Waals surface area (Å²) in [7, 11) is 0. The standard InChI is InChI=1S/C17H29NO/c1-3-5-6-7-8-9-14-18-15-16-10-12-17(13-11-16)19-4-2/h10-13,18H,3-9,14-15H2,1-2H3. The van der Waals surface area contributed by atoms with Gasteiger partial charge in [0.25, 0.3) is 0 Å². The summed E-state index contributed by atoms with van der Waals surface area (Å²) in [4.78, 5) is 0. The molecule has 0 atom stereocenters. The van der Waals surface area contributed by atoms with Crippen molar-refractivity contribution in [1.29, 1.82) is 0 Å². The first-order valence-corrected chi connectivity index (χ1v) is 7.79. The van der Waals surface area contributed by atoms with E-state index in [2.05, 4.69) is 24.4 Å². The van der Waals surface area contributed by atoms with Crippen LogP contribution in [0.5, 0.6) is 5.75 Å². The quantitative estimate of drug-likeness (QED) is 0.592. The molecule has 1 aromatic rings. The second-order valence-electron chi connectivity index (χ2n) is 5.02. The molecule has 0 saturated heterocycles. The Kier molecular flexibility index (Phi) is 9.17. The van der Waals surface area contributed by atoms with Crippen LogP contribution in [-0.2, 0) is 6.54 Å². The minimum absolute atomic E-state index is 0.732. The molecule has 2 nitrogen and oxygen atoms in total. The van der Waals surface area contributed by atoms with E-state index in [-0.39, 0.29) is 0 Å². The summed E-state index contributed by atoms with van der Waals surface area (Å²) in [6.45, 7) is 7.09. The van der Waals surface area contributed by atoms with Crippen LogP contribution in [0.2, 0.25) is 0 Å². The van der Waals surface area contributed by atoms with Crippen molar-refractivity contribution in [3.63, 3.8) is 0 Å². The molecule has 1 rings (SSSR count). The van der Waals surface area contributed by atoms with Crippen LogP contribution < -0.4 is 10.1 Å². The van der Waals surface area contributed by atoms with Crippen LogP contribution >= 0.6 is 0 Å². The zero-order valence-corrected chi connectivity index (χ0v) is 12.6. The maximum Gasteiger partial charge on any atom is 0.119 e. The fourth-order valence-electron chi connectivity index (χ4n) is 2.13. The number of hydrogen-bond acceptors (Lipinski definition) is 2. The van der Waals surface area contributed by atoms with E-state index in [1.54, 1.807) is 0 Å². The fourth-order valence-corrected chi connectivity index (χ4v) is 2.13. The Morgan fingerprint density at radius 1 is 0.895 bits per heavy atom. The third kappa shape index (κ3) is 7.89. The molecular formula is C17H29NO. The van der Waals surface area contributed by atoms with Crippen molar-refractivity contribution < 1.29 is 4.74 Å². The molecule has 0 bridgehead atoms. The molecule has 0 aliphatic rings. The summed E-state index contributed by atoms with van der Waals surface area (Å²) >= 11 is 0. The lowest BCUT2D eigenvalue weighted by Gasteiger charge is -2.07. The normalized spacial score (nSPS) is 10.6. The average Bonchev–Trinajstić information content (AvgIpc) is 2.44. The second kappa shape index (κ2) is 10.9. The number of benzene rings is 1. The Morgan fingerprint density at radius 3 is 2.26 bits per heavy atom. The summed E-state index contributed by atoms with van der Waals surface area (Å²) in [5.74, 6) is 0.960. The van der Waals surface area contributed by atoms with Crippen LogP contribution in [0.4, 0.5) is 0 Å². The molecule has 0 saturated carbocycles. The van der Waals surface area contributed by atoms with E-state index in [4.69, 9.17) is 4.74 Å². The van der Waals surface area contributed by atoms with Crippen molar-refractivity contribution in [3.8, 4) is 5.75 Å². The van der Waals surface area contributed by atoms with Gasteiger partial charge < -0.3 is 10.1 Å². The maximum atomic E-state index is 5.43. The third-order valence-electron chi connectivity index (χ3n) is 3.27. The largest absolute Gasteiger partial charge is 0.494 e. The fraction of sp³-hybridized carbons (Fsp3) is 0.647. The SMILES string of the molecule is CCCCCCCCNCc1ccc(OCC)cc1. The van der Waals surface area contributed by atoms with Crippen LogP contribution in [0.15, 0.2) is 24.3 Å². The van der Waals surface area contributed by atoms with Crippen molar-refractivity contribution in [3.05, 3.63) is 29.8 Å². The van der Waals surface area contributed by atoms with Crippen LogP contribution in [0.1, 0.15) is 57.9 Å². The topological polar surface area (TPSA) is 21.3 Å². The lowest BCUT2D eigenvalue weighted by Crippen LogP contribution is -2.14. The van der Waals surface area contributed by atoms with Gasteiger partial charge in [-0.2, -0.15) is 0 Å². The van der Waals surface area contributed by atoms with E-state index in [9.17, 15) is 0 Å². The number of rotatable bonds is 11. The lowest BCUT2D eigenvalue weighted by atomic mass is 10.1. The molecule has 108 valence electrons. The van der Waals surface area contributed by atoms with Gasteiger partial charge in [-0.25, -0.2) is 0 Å². The number of hydrogen-bond donors (Lipinski definition) is 1. The van der Waals surface area contributed by atoms with Gasteiger partial charge in [-0.3, -0.25) is 0 Å². The monoisotopic (exact) mass is 263 g/mol. The van der Waals surface area contributed by atoms with Crippen molar-refractivity contribution >= 4 is 0 Å². The van der Waals surface area contributed by atoms with Crippen molar-refractivity contribution in [1.82, 2.24) is 5.32 Å². The van der Waals surface area contributed by atoms with Gasteiger partial charge in [-0.15, -0.1) is 0 Å². The predicted octanol–water partition coefficient (Wildman–Crippen LogP) is 4.54. The Balaban J connectivity index is 2.02. The Hall–Kier alpha value is -1.02. The highest BCUT2D eigenvalue weighted by Crippen LogP contribution is 2.11. The maximum absolute atomic E-state index is 5.43. The highest BCUT2D eigenvalue weighted by atomic mass is 16.5. The average molecular weight is 263 g/mol. The Labute approximate surface area is 118 Å². The van der Waals surface area contributed by atoms with Gasteiger partial charge in [0.05, 0.1) is 6.61 Å². The summed E-state index contributed by atoms with van der Waals surface area (Å²) in [6, 6.07) is 8.37. The smallest absolute Gasteiger partial charge is 0.119 e. The molecular weight excluding hydrogens is 234 g/mol. The van der Waals surface area contributed by atoms with E-state index in [1.165, 1.54) is 44.1 Å². The van der Waals surface area contributed by atoms with Gasteiger partial charge >= 0.3 is 0 Å². The predicted molar refractivity (Wildman–Crippen MR) is 82.7 cm³/mol. The van der Waals surface area contributed by atoms with Gasteiger partial charge in [0.1, 0.15) is 5.75 Å². The summed E-state index contributed by atoms with van der Waals surface area (Å²) in [5, 5.41) is 3.50. The van der Waals surface area contributed by atoms with Crippen LogP contribution in [-0.4, -0.2) is 13.2 Å². The van der Waals surface area contributed by atoms with Crippen molar-refractivity contribution in [2.75, 3.05) is 13.2 Å². The molecule has 0 radical (unpaired) electrons. The second-order valence-corrected chi connectivity index (χ2v) is 5.02. The summed E-state index contributed by atoms with van der Waals surface area (Å²) < 4.78 is 5.43. The lowest BCUT2D eigenvalue weighted by molar-refractivity contribution is 0.340. The highest BCUT2D eigenvalue weighted by Gasteiger charge is 1.95. The number of nitrogens with one attached hydrogen (secondary N) is 1. The molecule has 0 aliphatic heterocycles. The molecule has 2 heteroatoms.